The molecule has 0 spiro atoms. The number of hydrazine groups is 1. The molecule has 1 heterocycles. The fraction of sp³-hybridized carbons (Fsp3) is 0.583. The maximum atomic E-state index is 8.64. The minimum absolute atomic E-state index is 0.473. The molecule has 96 valence electrons. The lowest BCUT2D eigenvalue weighted by Gasteiger charge is -2.21. The van der Waals surface area contributed by atoms with Crippen LogP contribution in [0.5, 0.6) is 0 Å². The molecule has 1 aromatic rings. The first-order chi connectivity index (χ1) is 8.67. The van der Waals surface area contributed by atoms with E-state index in [0.717, 1.165) is 30.0 Å². The Hall–Kier alpha value is -1.87. The highest BCUT2D eigenvalue weighted by Gasteiger charge is 2.28. The largest absolute Gasteiger partial charge is 0.358 e. The van der Waals surface area contributed by atoms with Gasteiger partial charge in [-0.25, -0.2) is 15.8 Å². The summed E-state index contributed by atoms with van der Waals surface area (Å²) < 4.78 is 0. The molecule has 0 radical (unpaired) electrons. The van der Waals surface area contributed by atoms with Gasteiger partial charge in [0, 0.05) is 25.1 Å². The van der Waals surface area contributed by atoms with E-state index in [0.29, 0.717) is 24.7 Å². The van der Waals surface area contributed by atoms with Crippen molar-refractivity contribution in [3.63, 3.8) is 0 Å². The highest BCUT2D eigenvalue weighted by atomic mass is 15.3. The number of nitrogens with one attached hydrogen (secondary N) is 1. The zero-order valence-electron chi connectivity index (χ0n) is 10.8. The van der Waals surface area contributed by atoms with E-state index < -0.39 is 0 Å². The van der Waals surface area contributed by atoms with Crippen molar-refractivity contribution in [1.82, 2.24) is 9.97 Å². The Kier molecular flexibility index (Phi) is 3.63. The van der Waals surface area contributed by atoms with Crippen LogP contribution >= 0.6 is 0 Å². The van der Waals surface area contributed by atoms with Crippen LogP contribution in [-0.4, -0.2) is 23.6 Å². The van der Waals surface area contributed by atoms with Crippen LogP contribution in [0.3, 0.4) is 0 Å². The Morgan fingerprint density at radius 1 is 1.50 bits per heavy atom. The van der Waals surface area contributed by atoms with Crippen LogP contribution in [0, 0.1) is 18.3 Å². The summed E-state index contributed by atoms with van der Waals surface area (Å²) in [6, 6.07) is 2.14. The minimum Gasteiger partial charge on any atom is -0.358 e. The summed E-state index contributed by atoms with van der Waals surface area (Å²) in [7, 11) is 1.93. The average Bonchev–Trinajstić information content (AvgIpc) is 3.20. The summed E-state index contributed by atoms with van der Waals surface area (Å²) in [5.41, 5.74) is 3.55. The third-order valence-electron chi connectivity index (χ3n) is 3.14. The van der Waals surface area contributed by atoms with Crippen LogP contribution in [0.25, 0.3) is 0 Å². The quantitative estimate of drug-likeness (QED) is 0.601. The van der Waals surface area contributed by atoms with Gasteiger partial charge in [-0.05, 0) is 19.8 Å². The van der Waals surface area contributed by atoms with E-state index >= 15 is 0 Å². The van der Waals surface area contributed by atoms with E-state index in [2.05, 4.69) is 21.5 Å². The number of hydrogen-bond acceptors (Lipinski definition) is 6. The lowest BCUT2D eigenvalue weighted by atomic mass is 10.2. The van der Waals surface area contributed by atoms with Gasteiger partial charge in [-0.3, -0.25) is 0 Å². The fourth-order valence-corrected chi connectivity index (χ4v) is 1.88. The summed E-state index contributed by atoms with van der Waals surface area (Å²) in [6.45, 7) is 2.59. The van der Waals surface area contributed by atoms with Gasteiger partial charge in [-0.1, -0.05) is 0 Å². The molecule has 1 aromatic heterocycles. The van der Waals surface area contributed by atoms with E-state index in [1.165, 1.54) is 0 Å². The van der Waals surface area contributed by atoms with Crippen molar-refractivity contribution < 1.29 is 0 Å². The van der Waals surface area contributed by atoms with Gasteiger partial charge in [0.25, 0.3) is 0 Å². The molecule has 0 unspecified atom stereocenters. The second-order valence-electron chi connectivity index (χ2n) is 4.63. The smallest absolute Gasteiger partial charge is 0.148 e. The van der Waals surface area contributed by atoms with Crippen molar-refractivity contribution in [2.75, 3.05) is 23.9 Å². The molecule has 0 bridgehead atoms. The van der Waals surface area contributed by atoms with Crippen molar-refractivity contribution in [2.24, 2.45) is 5.84 Å². The van der Waals surface area contributed by atoms with Crippen LogP contribution in [0.2, 0.25) is 0 Å². The van der Waals surface area contributed by atoms with Crippen molar-refractivity contribution >= 4 is 11.6 Å². The SMILES string of the molecule is Cc1c(NN)nc(C2CC2)nc1N(C)CCC#N. The third-order valence-corrected chi connectivity index (χ3v) is 3.14. The molecule has 0 aromatic carbocycles. The lowest BCUT2D eigenvalue weighted by Crippen LogP contribution is -2.23. The molecule has 6 heteroatoms. The zero-order chi connectivity index (χ0) is 13.1. The maximum absolute atomic E-state index is 8.64. The molecular weight excluding hydrogens is 228 g/mol. The van der Waals surface area contributed by atoms with Crippen LogP contribution < -0.4 is 16.2 Å². The second kappa shape index (κ2) is 5.19. The molecule has 18 heavy (non-hydrogen) atoms. The third kappa shape index (κ3) is 2.51. The van der Waals surface area contributed by atoms with Crippen LogP contribution in [-0.2, 0) is 0 Å². The molecule has 0 atom stereocenters. The van der Waals surface area contributed by atoms with E-state index in [1.807, 2.05) is 18.9 Å². The molecule has 6 nitrogen and oxygen atoms in total. The number of aromatic nitrogens is 2. The first-order valence-electron chi connectivity index (χ1n) is 6.10. The Labute approximate surface area is 107 Å². The lowest BCUT2D eigenvalue weighted by molar-refractivity contribution is 0.841. The number of nitrogens with two attached hydrogens (primary N) is 1. The van der Waals surface area contributed by atoms with Gasteiger partial charge >= 0.3 is 0 Å². The van der Waals surface area contributed by atoms with Gasteiger partial charge in [0.15, 0.2) is 0 Å². The molecule has 0 aliphatic heterocycles. The molecule has 0 amide bonds. The van der Waals surface area contributed by atoms with Crippen molar-refractivity contribution in [2.45, 2.75) is 32.1 Å². The minimum atomic E-state index is 0.473. The monoisotopic (exact) mass is 246 g/mol. The fourth-order valence-electron chi connectivity index (χ4n) is 1.88. The van der Waals surface area contributed by atoms with Crippen molar-refractivity contribution in [3.8, 4) is 6.07 Å². The summed E-state index contributed by atoms with van der Waals surface area (Å²) in [5, 5.41) is 8.64. The molecule has 1 fully saturated rings. The van der Waals surface area contributed by atoms with Crippen LogP contribution in [0.1, 0.15) is 36.6 Å². The molecule has 1 saturated carbocycles. The molecular formula is C12H18N6. The Balaban J connectivity index is 2.32. The van der Waals surface area contributed by atoms with Crippen LogP contribution in [0.4, 0.5) is 11.6 Å². The Morgan fingerprint density at radius 2 is 2.22 bits per heavy atom. The Morgan fingerprint density at radius 3 is 2.78 bits per heavy atom. The molecule has 0 saturated heterocycles. The van der Waals surface area contributed by atoms with Gasteiger partial charge in [0.1, 0.15) is 17.5 Å². The predicted octanol–water partition coefficient (Wildman–Crippen LogP) is 1.30. The first kappa shape index (κ1) is 12.6. The van der Waals surface area contributed by atoms with E-state index in [1.54, 1.807) is 0 Å². The maximum Gasteiger partial charge on any atom is 0.148 e. The van der Waals surface area contributed by atoms with E-state index in [4.69, 9.17) is 11.1 Å². The number of nitrogens with zero attached hydrogens (tertiary/aromatic N) is 4. The second-order valence-corrected chi connectivity index (χ2v) is 4.63. The predicted molar refractivity (Wildman–Crippen MR) is 70.1 cm³/mol. The number of nitrogen functional groups attached to an aromatic ring is 1. The number of nitriles is 1. The standard InChI is InChI=1S/C12H18N6/c1-8-10(17-14)15-11(9-4-5-9)16-12(8)18(2)7-3-6-13/h9H,3-5,7,14H2,1-2H3,(H,15,16,17). The normalized spacial score (nSPS) is 14.1. The first-order valence-corrected chi connectivity index (χ1v) is 6.10. The highest BCUT2D eigenvalue weighted by molar-refractivity contribution is 5.58. The zero-order valence-corrected chi connectivity index (χ0v) is 10.8. The molecule has 3 N–H and O–H groups in total. The molecule has 2 rings (SSSR count). The van der Waals surface area contributed by atoms with E-state index in [-0.39, 0.29) is 0 Å². The summed E-state index contributed by atoms with van der Waals surface area (Å²) >= 11 is 0. The van der Waals surface area contributed by atoms with Gasteiger partial charge < -0.3 is 10.3 Å². The topological polar surface area (TPSA) is 90.9 Å². The average molecular weight is 246 g/mol. The van der Waals surface area contributed by atoms with E-state index in [9.17, 15) is 0 Å². The van der Waals surface area contributed by atoms with Crippen molar-refractivity contribution in [3.05, 3.63) is 11.4 Å². The molecule has 1 aliphatic carbocycles. The van der Waals surface area contributed by atoms with Gasteiger partial charge in [0.2, 0.25) is 0 Å². The van der Waals surface area contributed by atoms with Gasteiger partial charge in [-0.15, -0.1) is 0 Å². The number of rotatable bonds is 5. The van der Waals surface area contributed by atoms with Crippen LogP contribution in [0.15, 0.2) is 0 Å². The highest BCUT2D eigenvalue weighted by Crippen LogP contribution is 2.39. The number of hydrogen-bond donors (Lipinski definition) is 2. The van der Waals surface area contributed by atoms with Gasteiger partial charge in [0.05, 0.1) is 12.5 Å². The molecule has 1 aliphatic rings. The summed E-state index contributed by atoms with van der Waals surface area (Å²) in [4.78, 5) is 11.0. The summed E-state index contributed by atoms with van der Waals surface area (Å²) in [5.74, 6) is 8.35. The van der Waals surface area contributed by atoms with Crippen molar-refractivity contribution in [1.29, 1.82) is 5.26 Å². The summed E-state index contributed by atoms with van der Waals surface area (Å²) in [6.07, 6.45) is 2.77. The Bertz CT molecular complexity index is 474. The van der Waals surface area contributed by atoms with Gasteiger partial charge in [-0.2, -0.15) is 5.26 Å². The number of anilines is 2.